The van der Waals surface area contributed by atoms with Gasteiger partial charge in [-0.2, -0.15) is 0 Å². The third kappa shape index (κ3) is 6.79. The molecule has 0 aromatic heterocycles. The molecule has 0 radical (unpaired) electrons. The summed E-state index contributed by atoms with van der Waals surface area (Å²) in [5.41, 5.74) is 2.92. The lowest BCUT2D eigenvalue weighted by molar-refractivity contribution is -0.116. The summed E-state index contributed by atoms with van der Waals surface area (Å²) in [6.45, 7) is 5.63. The number of thioether (sulfide) groups is 1. The molecule has 0 saturated carbocycles. The highest BCUT2D eigenvalue weighted by molar-refractivity contribution is 8.02. The van der Waals surface area contributed by atoms with Crippen LogP contribution in [0.3, 0.4) is 0 Å². The summed E-state index contributed by atoms with van der Waals surface area (Å²) in [5.74, 6) is 1.45. The Morgan fingerprint density at radius 1 is 1.13 bits per heavy atom. The molecule has 2 aromatic carbocycles. The monoisotopic (exact) mass is 440 g/mol. The predicted octanol–water partition coefficient (Wildman–Crippen LogP) is 4.65. The molecular weight excluding hydrogens is 412 g/mol. The third-order valence-electron chi connectivity index (χ3n) is 4.76. The van der Waals surface area contributed by atoms with E-state index >= 15 is 0 Å². The van der Waals surface area contributed by atoms with E-state index < -0.39 is 0 Å². The number of benzene rings is 2. The van der Waals surface area contributed by atoms with Gasteiger partial charge < -0.3 is 20.1 Å². The molecule has 2 aromatic rings. The number of hydrogen-bond donors (Lipinski definition) is 2. The summed E-state index contributed by atoms with van der Waals surface area (Å²) in [6.07, 6.45) is 2.12. The molecule has 3 rings (SSSR count). The van der Waals surface area contributed by atoms with Crippen LogP contribution in [0.2, 0.25) is 0 Å². The van der Waals surface area contributed by atoms with Crippen LogP contribution in [0.25, 0.3) is 0 Å². The minimum absolute atomic E-state index is 0.206. The highest BCUT2D eigenvalue weighted by Crippen LogP contribution is 2.21. The van der Waals surface area contributed by atoms with Crippen molar-refractivity contribution in [1.29, 1.82) is 0 Å². The second kappa shape index (κ2) is 11.5. The lowest BCUT2D eigenvalue weighted by Gasteiger charge is -2.15. The molecule has 164 valence electrons. The van der Waals surface area contributed by atoms with E-state index in [0.29, 0.717) is 36.8 Å². The maximum absolute atomic E-state index is 12.6. The van der Waals surface area contributed by atoms with E-state index in [0.717, 1.165) is 35.5 Å². The first-order valence-electron chi connectivity index (χ1n) is 10.4. The van der Waals surface area contributed by atoms with Crippen molar-refractivity contribution in [3.05, 3.63) is 70.3 Å². The number of rotatable bonds is 9. The third-order valence-corrected chi connectivity index (χ3v) is 5.55. The summed E-state index contributed by atoms with van der Waals surface area (Å²) in [6, 6.07) is 13.0. The average Bonchev–Trinajstić information content (AvgIpc) is 2.80. The fourth-order valence-electron chi connectivity index (χ4n) is 2.89. The number of ether oxygens (including phenoxy) is 2. The second-order valence-corrected chi connectivity index (χ2v) is 8.19. The van der Waals surface area contributed by atoms with Gasteiger partial charge >= 0.3 is 0 Å². The molecule has 2 amide bonds. The molecule has 1 aliphatic heterocycles. The Bertz CT molecular complexity index is 941. The van der Waals surface area contributed by atoms with Gasteiger partial charge in [0.2, 0.25) is 0 Å². The molecule has 31 heavy (non-hydrogen) atoms. The summed E-state index contributed by atoms with van der Waals surface area (Å²) in [7, 11) is 0. The van der Waals surface area contributed by atoms with E-state index in [-0.39, 0.29) is 11.8 Å². The second-order valence-electron chi connectivity index (χ2n) is 7.21. The van der Waals surface area contributed by atoms with Crippen molar-refractivity contribution in [3.8, 4) is 5.75 Å². The van der Waals surface area contributed by atoms with Crippen LogP contribution in [0.4, 0.5) is 5.69 Å². The van der Waals surface area contributed by atoms with Crippen LogP contribution in [0.15, 0.2) is 53.6 Å². The van der Waals surface area contributed by atoms with Crippen LogP contribution >= 0.6 is 11.8 Å². The first-order valence-corrected chi connectivity index (χ1v) is 11.5. The van der Waals surface area contributed by atoms with Crippen LogP contribution in [0.1, 0.15) is 41.3 Å². The molecule has 1 heterocycles. The predicted molar refractivity (Wildman–Crippen MR) is 124 cm³/mol. The lowest BCUT2D eigenvalue weighted by Crippen LogP contribution is -2.23. The Morgan fingerprint density at radius 2 is 1.94 bits per heavy atom. The fraction of sp³-hybridized carbons (Fsp3) is 0.333. The zero-order valence-electron chi connectivity index (χ0n) is 17.9. The maximum atomic E-state index is 12.6. The van der Waals surface area contributed by atoms with E-state index in [1.165, 1.54) is 0 Å². The molecule has 0 atom stereocenters. The zero-order chi connectivity index (χ0) is 22.1. The van der Waals surface area contributed by atoms with Gasteiger partial charge in [-0.15, -0.1) is 11.8 Å². The fourth-order valence-corrected chi connectivity index (χ4v) is 3.52. The van der Waals surface area contributed by atoms with E-state index in [2.05, 4.69) is 17.6 Å². The molecule has 2 N–H and O–H groups in total. The lowest BCUT2D eigenvalue weighted by atomic mass is 10.1. The van der Waals surface area contributed by atoms with Gasteiger partial charge in [0.1, 0.15) is 5.75 Å². The standard InChI is InChI=1S/C24H28N2O4S/c1-3-4-11-29-20-9-6-18(7-10-20)15-25-23(27)19-8-5-17(2)21(14-19)26-24(28)22-16-31-13-12-30-22/h5-10,14,16H,3-4,11-13,15H2,1-2H3,(H,25,27)(H,26,28). The molecule has 6 nitrogen and oxygen atoms in total. The summed E-state index contributed by atoms with van der Waals surface area (Å²) < 4.78 is 11.1. The van der Waals surface area contributed by atoms with Gasteiger partial charge in [-0.25, -0.2) is 0 Å². The van der Waals surface area contributed by atoms with E-state index in [1.807, 2.05) is 37.3 Å². The van der Waals surface area contributed by atoms with Crippen molar-refractivity contribution >= 4 is 29.3 Å². The van der Waals surface area contributed by atoms with Crippen LogP contribution in [0.5, 0.6) is 5.75 Å². The van der Waals surface area contributed by atoms with Crippen LogP contribution in [0, 0.1) is 6.92 Å². The maximum Gasteiger partial charge on any atom is 0.291 e. The summed E-state index contributed by atoms with van der Waals surface area (Å²) in [4.78, 5) is 25.0. The van der Waals surface area contributed by atoms with E-state index in [1.54, 1.807) is 29.3 Å². The van der Waals surface area contributed by atoms with Crippen LogP contribution < -0.4 is 15.4 Å². The Morgan fingerprint density at radius 3 is 2.65 bits per heavy atom. The number of carbonyl (C=O) groups is 2. The number of amides is 2. The van der Waals surface area contributed by atoms with Crippen molar-refractivity contribution in [3.63, 3.8) is 0 Å². The molecule has 0 saturated heterocycles. The molecule has 0 spiro atoms. The molecule has 1 aliphatic rings. The number of hydrogen-bond acceptors (Lipinski definition) is 5. The molecular formula is C24H28N2O4S. The molecule has 0 aliphatic carbocycles. The Hall–Kier alpha value is -2.93. The topological polar surface area (TPSA) is 76.7 Å². The largest absolute Gasteiger partial charge is 0.494 e. The van der Waals surface area contributed by atoms with Crippen molar-refractivity contribution in [2.75, 3.05) is 24.3 Å². The first kappa shape index (κ1) is 22.7. The first-order chi connectivity index (χ1) is 15.1. The summed E-state index contributed by atoms with van der Waals surface area (Å²) in [5, 5.41) is 7.47. The number of unbranched alkanes of at least 4 members (excludes halogenated alkanes) is 1. The van der Waals surface area contributed by atoms with E-state index in [9.17, 15) is 9.59 Å². The van der Waals surface area contributed by atoms with Crippen LogP contribution in [-0.2, 0) is 16.1 Å². The van der Waals surface area contributed by atoms with Gasteiger partial charge in [0.15, 0.2) is 5.76 Å². The molecule has 0 bridgehead atoms. The van der Waals surface area contributed by atoms with Gasteiger partial charge in [0, 0.05) is 29.0 Å². The number of carbonyl (C=O) groups excluding carboxylic acids is 2. The number of aryl methyl sites for hydroxylation is 1. The van der Waals surface area contributed by atoms with Crippen LogP contribution in [-0.4, -0.2) is 30.8 Å². The number of anilines is 1. The van der Waals surface area contributed by atoms with Crippen molar-refractivity contribution in [2.24, 2.45) is 0 Å². The van der Waals surface area contributed by atoms with E-state index in [4.69, 9.17) is 9.47 Å². The van der Waals surface area contributed by atoms with Gasteiger partial charge in [-0.05, 0) is 48.7 Å². The Balaban J connectivity index is 1.57. The SMILES string of the molecule is CCCCOc1ccc(CNC(=O)c2ccc(C)c(NC(=O)C3=CSCCO3)c2)cc1. The van der Waals surface area contributed by atoms with Gasteiger partial charge in [-0.1, -0.05) is 31.5 Å². The van der Waals surface area contributed by atoms with Gasteiger partial charge in [0.25, 0.3) is 11.8 Å². The highest BCUT2D eigenvalue weighted by atomic mass is 32.2. The normalized spacial score (nSPS) is 13.0. The Kier molecular flexibility index (Phi) is 8.41. The summed E-state index contributed by atoms with van der Waals surface area (Å²) >= 11 is 1.54. The molecule has 7 heteroatoms. The smallest absolute Gasteiger partial charge is 0.291 e. The number of nitrogens with one attached hydrogen (secondary N) is 2. The minimum Gasteiger partial charge on any atom is -0.494 e. The zero-order valence-corrected chi connectivity index (χ0v) is 18.7. The van der Waals surface area contributed by atoms with Crippen molar-refractivity contribution < 1.29 is 19.1 Å². The van der Waals surface area contributed by atoms with Gasteiger partial charge in [0.05, 0.1) is 13.2 Å². The molecule has 0 unspecified atom stereocenters. The molecule has 0 fully saturated rings. The van der Waals surface area contributed by atoms with Crippen molar-refractivity contribution in [1.82, 2.24) is 5.32 Å². The highest BCUT2D eigenvalue weighted by Gasteiger charge is 2.16. The van der Waals surface area contributed by atoms with Gasteiger partial charge in [-0.3, -0.25) is 9.59 Å². The average molecular weight is 441 g/mol. The quantitative estimate of drug-likeness (QED) is 0.555. The van der Waals surface area contributed by atoms with Crippen molar-refractivity contribution in [2.45, 2.75) is 33.2 Å². The minimum atomic E-state index is -0.311. The Labute approximate surface area is 187 Å².